The van der Waals surface area contributed by atoms with E-state index >= 15 is 0 Å². The predicted octanol–water partition coefficient (Wildman–Crippen LogP) is 5.08. The summed E-state index contributed by atoms with van der Waals surface area (Å²) < 4.78 is 9.00. The molecule has 0 radical (unpaired) electrons. The highest BCUT2D eigenvalue weighted by Gasteiger charge is 2.33. The fourth-order valence-corrected chi connectivity index (χ4v) is 5.32. The van der Waals surface area contributed by atoms with Crippen molar-refractivity contribution in [2.75, 3.05) is 4.90 Å². The number of nitrogens with zero attached hydrogens (tertiary/aromatic N) is 4. The molecule has 0 spiro atoms. The molecule has 2 aliphatic carbocycles. The van der Waals surface area contributed by atoms with Crippen molar-refractivity contribution in [3.8, 4) is 17.7 Å². The summed E-state index contributed by atoms with van der Waals surface area (Å²) in [6, 6.07) is 7.89. The molecule has 9 heteroatoms. The molecule has 1 aromatic carbocycles. The number of aryl methyl sites for hydroxylation is 2. The number of carbonyl (C=O) groups is 2. The van der Waals surface area contributed by atoms with Gasteiger partial charge in [0.1, 0.15) is 11.9 Å². The van der Waals surface area contributed by atoms with Gasteiger partial charge in [-0.25, -0.2) is 4.98 Å². The largest absolute Gasteiger partial charge is 0.481 e. The second kappa shape index (κ2) is 9.73. The van der Waals surface area contributed by atoms with Crippen LogP contribution < -0.4 is 9.64 Å². The summed E-state index contributed by atoms with van der Waals surface area (Å²) in [6.07, 6.45) is 3.63. The number of hydrogen-bond donors (Lipinski definition) is 1. The van der Waals surface area contributed by atoms with E-state index in [-0.39, 0.29) is 12.0 Å². The number of halogens is 1. The van der Waals surface area contributed by atoms with E-state index in [0.29, 0.717) is 42.4 Å². The molecular weight excluding hydrogens is 571 g/mol. The number of aliphatic carboxylic acids is 1. The average Bonchev–Trinajstić information content (AvgIpc) is 3.50. The summed E-state index contributed by atoms with van der Waals surface area (Å²) in [5, 5.41) is 13.9. The second-order valence-electron chi connectivity index (χ2n) is 9.50. The number of rotatable bonds is 6. The first-order valence-corrected chi connectivity index (χ1v) is 13.1. The molecule has 2 fully saturated rings. The average molecular weight is 598 g/mol. The first kappa shape index (κ1) is 24.6. The number of amides is 1. The lowest BCUT2D eigenvalue weighted by molar-refractivity contribution is -0.141. The highest BCUT2D eigenvalue weighted by atomic mass is 127. The monoisotopic (exact) mass is 598 g/mol. The minimum Gasteiger partial charge on any atom is -0.481 e. The molecule has 8 nitrogen and oxygen atoms in total. The maximum Gasteiger partial charge on any atom is 0.308 e. The van der Waals surface area contributed by atoms with Gasteiger partial charge in [0.05, 0.1) is 17.1 Å². The molecule has 1 amide bonds. The Hall–Kier alpha value is -3.13. The Morgan fingerprint density at radius 2 is 2.00 bits per heavy atom. The van der Waals surface area contributed by atoms with Crippen molar-refractivity contribution in [1.82, 2.24) is 14.8 Å². The van der Waals surface area contributed by atoms with Gasteiger partial charge in [0.15, 0.2) is 5.52 Å². The van der Waals surface area contributed by atoms with E-state index in [2.05, 4.69) is 45.6 Å². The molecule has 1 N–H and O–H groups in total. The van der Waals surface area contributed by atoms with Gasteiger partial charge in [-0.1, -0.05) is 5.92 Å². The topological polar surface area (TPSA) is 97.6 Å². The van der Waals surface area contributed by atoms with Gasteiger partial charge in [-0.05, 0) is 116 Å². The second-order valence-corrected chi connectivity index (χ2v) is 10.7. The van der Waals surface area contributed by atoms with Crippen molar-refractivity contribution in [2.24, 2.45) is 13.0 Å². The Morgan fingerprint density at radius 1 is 1.22 bits per heavy atom. The smallest absolute Gasteiger partial charge is 0.308 e. The van der Waals surface area contributed by atoms with Gasteiger partial charge in [0.25, 0.3) is 5.88 Å². The lowest BCUT2D eigenvalue weighted by atomic mass is 10.0. The zero-order chi connectivity index (χ0) is 25.6. The van der Waals surface area contributed by atoms with E-state index in [4.69, 9.17) is 9.72 Å². The Balaban J connectivity index is 1.58. The first-order valence-electron chi connectivity index (χ1n) is 12.1. The number of aromatic nitrogens is 3. The molecule has 2 heterocycles. The van der Waals surface area contributed by atoms with Crippen molar-refractivity contribution in [3.05, 3.63) is 39.0 Å². The fourth-order valence-electron chi connectivity index (χ4n) is 4.83. The number of carboxylic acids is 1. The number of carboxylic acid groups (broad SMARTS) is 1. The molecule has 5 rings (SSSR count). The third-order valence-corrected chi connectivity index (χ3v) is 8.06. The van der Waals surface area contributed by atoms with E-state index in [1.807, 2.05) is 32.2 Å². The molecule has 186 valence electrons. The Morgan fingerprint density at radius 3 is 2.67 bits per heavy atom. The van der Waals surface area contributed by atoms with Crippen LogP contribution in [-0.2, 0) is 16.6 Å². The zero-order valence-corrected chi connectivity index (χ0v) is 22.6. The first-order chi connectivity index (χ1) is 17.3. The SMILES string of the molecule is CC#CC(=O)N(c1ccc2c(n1)c(OC1CCC(C(=O)O)C1)nn2C)c1cc(C)c(I)cc1C1CC1. The number of pyridine rings is 1. The van der Waals surface area contributed by atoms with Crippen LogP contribution in [0.5, 0.6) is 5.88 Å². The Labute approximate surface area is 223 Å². The van der Waals surface area contributed by atoms with Crippen LogP contribution in [0.1, 0.15) is 56.1 Å². The molecule has 2 saturated carbocycles. The molecule has 2 aliphatic rings. The maximum absolute atomic E-state index is 13.3. The van der Waals surface area contributed by atoms with Crippen LogP contribution in [0.3, 0.4) is 0 Å². The molecule has 0 aliphatic heterocycles. The van der Waals surface area contributed by atoms with Crippen LogP contribution in [0.15, 0.2) is 24.3 Å². The quantitative estimate of drug-likeness (QED) is 0.314. The van der Waals surface area contributed by atoms with Crippen molar-refractivity contribution in [1.29, 1.82) is 0 Å². The van der Waals surface area contributed by atoms with Gasteiger partial charge in [-0.2, -0.15) is 0 Å². The summed E-state index contributed by atoms with van der Waals surface area (Å²) >= 11 is 2.34. The maximum atomic E-state index is 13.3. The van der Waals surface area contributed by atoms with Crippen LogP contribution in [0, 0.1) is 28.3 Å². The number of fused-ring (bicyclic) bond motifs is 1. The van der Waals surface area contributed by atoms with Crippen molar-refractivity contribution < 1.29 is 19.4 Å². The molecule has 2 atom stereocenters. The van der Waals surface area contributed by atoms with Gasteiger partial charge < -0.3 is 9.84 Å². The molecule has 36 heavy (non-hydrogen) atoms. The highest BCUT2D eigenvalue weighted by Crippen LogP contribution is 2.47. The predicted molar refractivity (Wildman–Crippen MR) is 144 cm³/mol. The van der Waals surface area contributed by atoms with Crippen LogP contribution in [0.2, 0.25) is 0 Å². The third-order valence-electron chi connectivity index (χ3n) is 6.89. The summed E-state index contributed by atoms with van der Waals surface area (Å²) in [7, 11) is 1.81. The van der Waals surface area contributed by atoms with Crippen molar-refractivity contribution >= 4 is 57.0 Å². The Bertz CT molecular complexity index is 1430. The van der Waals surface area contributed by atoms with Gasteiger partial charge in [-0.15, -0.1) is 5.10 Å². The number of hydrogen-bond acceptors (Lipinski definition) is 5. The summed E-state index contributed by atoms with van der Waals surface area (Å²) in [6.45, 7) is 3.68. The number of benzene rings is 1. The summed E-state index contributed by atoms with van der Waals surface area (Å²) in [5.41, 5.74) is 4.31. The van der Waals surface area contributed by atoms with Gasteiger partial charge in [0, 0.05) is 10.6 Å². The summed E-state index contributed by atoms with van der Waals surface area (Å²) in [4.78, 5) is 31.2. The lowest BCUT2D eigenvalue weighted by Crippen LogP contribution is -2.26. The zero-order valence-electron chi connectivity index (χ0n) is 20.4. The van der Waals surface area contributed by atoms with Crippen LogP contribution in [-0.4, -0.2) is 37.9 Å². The number of carbonyl (C=O) groups excluding carboxylic acids is 1. The molecule has 3 aromatic rings. The molecular formula is C27H27IN4O4. The highest BCUT2D eigenvalue weighted by molar-refractivity contribution is 14.1. The minimum atomic E-state index is -0.794. The molecule has 0 bridgehead atoms. The normalized spacial score (nSPS) is 19.1. The lowest BCUT2D eigenvalue weighted by Gasteiger charge is -2.24. The minimum absolute atomic E-state index is 0.237. The van der Waals surface area contributed by atoms with Gasteiger partial charge in [-0.3, -0.25) is 19.2 Å². The van der Waals surface area contributed by atoms with Gasteiger partial charge >= 0.3 is 11.9 Å². The van der Waals surface area contributed by atoms with E-state index in [0.717, 1.165) is 38.7 Å². The molecule has 2 unspecified atom stereocenters. The van der Waals surface area contributed by atoms with E-state index in [1.54, 1.807) is 16.5 Å². The van der Waals surface area contributed by atoms with Crippen molar-refractivity contribution in [2.45, 2.75) is 58.0 Å². The number of ether oxygens (including phenoxy) is 1. The van der Waals surface area contributed by atoms with E-state index in [9.17, 15) is 14.7 Å². The molecule has 0 saturated heterocycles. The number of anilines is 2. The Kier molecular flexibility index (Phi) is 6.64. The van der Waals surface area contributed by atoms with Crippen LogP contribution in [0.25, 0.3) is 11.0 Å². The third kappa shape index (κ3) is 4.66. The fraction of sp³-hybridized carbons (Fsp3) is 0.407. The van der Waals surface area contributed by atoms with Crippen molar-refractivity contribution in [3.63, 3.8) is 0 Å². The van der Waals surface area contributed by atoms with E-state index in [1.165, 1.54) is 0 Å². The van der Waals surface area contributed by atoms with Crippen LogP contribution >= 0.6 is 22.6 Å². The standard InChI is InChI=1S/C27H27IN4O4/c1-4-5-24(33)32(22-12-15(2)20(28)14-19(22)16-6-7-16)23-11-10-21-25(29-23)26(30-31(21)3)36-18-9-8-17(13-18)27(34)35/h10-12,14,16-18H,6-9,13H2,1-3H3,(H,34,35). The van der Waals surface area contributed by atoms with Gasteiger partial charge in [0.2, 0.25) is 0 Å². The molecule has 2 aromatic heterocycles. The summed E-state index contributed by atoms with van der Waals surface area (Å²) in [5.74, 6) is 5.10. The van der Waals surface area contributed by atoms with Crippen LogP contribution in [0.4, 0.5) is 11.5 Å². The van der Waals surface area contributed by atoms with E-state index < -0.39 is 11.9 Å².